The molecule has 0 bridgehead atoms. The highest BCUT2D eigenvalue weighted by Gasteiger charge is 2.18. The topological polar surface area (TPSA) is 64.3 Å². The van der Waals surface area contributed by atoms with Crippen LogP contribution < -0.4 is 11.1 Å². The van der Waals surface area contributed by atoms with Crippen LogP contribution in [0.1, 0.15) is 25.3 Å². The molecule has 118 valence electrons. The molecule has 0 fully saturated rings. The molecule has 3 N–H and O–H groups in total. The Kier molecular flexibility index (Phi) is 8.57. The van der Waals surface area contributed by atoms with Crippen molar-refractivity contribution in [3.63, 3.8) is 0 Å². The summed E-state index contributed by atoms with van der Waals surface area (Å²) in [5.74, 6) is 0.00000567. The number of benzene rings is 1. The van der Waals surface area contributed by atoms with Gasteiger partial charge in [-0.25, -0.2) is 0 Å². The molecule has 5 heteroatoms. The van der Waals surface area contributed by atoms with Crippen LogP contribution in [0.15, 0.2) is 28.7 Å². The van der Waals surface area contributed by atoms with Gasteiger partial charge in [0.15, 0.2) is 0 Å². The number of nitrogens with two attached hydrogens (primary N) is 1. The van der Waals surface area contributed by atoms with Gasteiger partial charge >= 0.3 is 0 Å². The zero-order valence-electron chi connectivity index (χ0n) is 12.8. The largest absolute Gasteiger partial charge is 0.385 e. The van der Waals surface area contributed by atoms with E-state index in [1.807, 2.05) is 25.1 Å². The van der Waals surface area contributed by atoms with Crippen LogP contribution in [0.25, 0.3) is 0 Å². The van der Waals surface area contributed by atoms with E-state index in [1.54, 1.807) is 7.11 Å². The molecule has 0 spiro atoms. The van der Waals surface area contributed by atoms with Crippen molar-refractivity contribution in [2.75, 3.05) is 20.3 Å². The zero-order valence-corrected chi connectivity index (χ0v) is 14.4. The van der Waals surface area contributed by atoms with Crippen LogP contribution in [0.3, 0.4) is 0 Å². The molecular formula is C16H25BrN2O2. The fourth-order valence-corrected chi connectivity index (χ4v) is 2.55. The molecule has 4 nitrogen and oxygen atoms in total. The third-order valence-electron chi connectivity index (χ3n) is 3.31. The van der Waals surface area contributed by atoms with Gasteiger partial charge in [0.25, 0.3) is 0 Å². The van der Waals surface area contributed by atoms with Crippen molar-refractivity contribution >= 4 is 21.8 Å². The SMILES string of the molecule is COCCC(Cc1cccc(Br)c1)C(=O)NCCC(C)N. The Hall–Kier alpha value is -0.910. The highest BCUT2D eigenvalue weighted by atomic mass is 79.9. The summed E-state index contributed by atoms with van der Waals surface area (Å²) >= 11 is 3.46. The summed E-state index contributed by atoms with van der Waals surface area (Å²) in [6.45, 7) is 3.15. The quantitative estimate of drug-likeness (QED) is 0.714. The van der Waals surface area contributed by atoms with Crippen molar-refractivity contribution in [1.82, 2.24) is 5.32 Å². The van der Waals surface area contributed by atoms with Gasteiger partial charge in [-0.3, -0.25) is 4.79 Å². The first kappa shape index (κ1) is 18.1. The molecule has 21 heavy (non-hydrogen) atoms. The van der Waals surface area contributed by atoms with Gasteiger partial charge in [0.2, 0.25) is 5.91 Å². The normalized spacial score (nSPS) is 13.7. The average molecular weight is 357 g/mol. The maximum absolute atomic E-state index is 12.3. The first-order chi connectivity index (χ1) is 10.0. The minimum Gasteiger partial charge on any atom is -0.385 e. The number of methoxy groups -OCH3 is 1. The van der Waals surface area contributed by atoms with Gasteiger partial charge in [0.1, 0.15) is 0 Å². The Morgan fingerprint density at radius 1 is 1.43 bits per heavy atom. The molecule has 0 aliphatic heterocycles. The highest BCUT2D eigenvalue weighted by Crippen LogP contribution is 2.17. The second-order valence-electron chi connectivity index (χ2n) is 5.37. The maximum Gasteiger partial charge on any atom is 0.223 e. The summed E-state index contributed by atoms with van der Waals surface area (Å²) in [7, 11) is 1.66. The monoisotopic (exact) mass is 356 g/mol. The van der Waals surface area contributed by atoms with Crippen LogP contribution in [-0.4, -0.2) is 32.2 Å². The molecule has 0 saturated carbocycles. The van der Waals surface area contributed by atoms with Gasteiger partial charge in [0, 0.05) is 36.7 Å². The summed E-state index contributed by atoms with van der Waals surface area (Å²) < 4.78 is 6.15. The first-order valence-electron chi connectivity index (χ1n) is 7.29. The summed E-state index contributed by atoms with van der Waals surface area (Å²) in [6.07, 6.45) is 2.22. The van der Waals surface area contributed by atoms with Gasteiger partial charge in [-0.15, -0.1) is 0 Å². The number of hydrogen-bond acceptors (Lipinski definition) is 3. The molecule has 1 aromatic rings. The van der Waals surface area contributed by atoms with Crippen LogP contribution in [-0.2, 0) is 16.0 Å². The minimum absolute atomic E-state index is 0.0765. The average Bonchev–Trinajstić information content (AvgIpc) is 2.43. The lowest BCUT2D eigenvalue weighted by Gasteiger charge is -2.17. The second-order valence-corrected chi connectivity index (χ2v) is 6.29. The van der Waals surface area contributed by atoms with Crippen molar-refractivity contribution < 1.29 is 9.53 Å². The van der Waals surface area contributed by atoms with E-state index in [0.29, 0.717) is 26.0 Å². The standard InChI is InChI=1S/C16H25BrN2O2/c1-12(18)6-8-19-16(20)14(7-9-21-2)10-13-4-3-5-15(17)11-13/h3-5,11-12,14H,6-10,18H2,1-2H3,(H,19,20). The van der Waals surface area contributed by atoms with Crippen molar-refractivity contribution in [3.05, 3.63) is 34.3 Å². The maximum atomic E-state index is 12.3. The van der Waals surface area contributed by atoms with Gasteiger partial charge in [-0.2, -0.15) is 0 Å². The number of amides is 1. The number of halogens is 1. The lowest BCUT2D eigenvalue weighted by molar-refractivity contribution is -0.125. The molecule has 0 aliphatic rings. The number of carbonyl (C=O) groups excluding carboxylic acids is 1. The molecule has 0 aliphatic carbocycles. The molecule has 0 heterocycles. The highest BCUT2D eigenvalue weighted by molar-refractivity contribution is 9.10. The number of ether oxygens (including phenoxy) is 1. The lowest BCUT2D eigenvalue weighted by Crippen LogP contribution is -2.35. The van der Waals surface area contributed by atoms with Crippen molar-refractivity contribution in [2.24, 2.45) is 11.7 Å². The number of hydrogen-bond donors (Lipinski definition) is 2. The number of nitrogens with one attached hydrogen (secondary N) is 1. The van der Waals surface area contributed by atoms with E-state index in [1.165, 1.54) is 0 Å². The van der Waals surface area contributed by atoms with Crippen LogP contribution in [0.2, 0.25) is 0 Å². The van der Waals surface area contributed by atoms with Crippen LogP contribution in [0.5, 0.6) is 0 Å². The summed E-state index contributed by atoms with van der Waals surface area (Å²) in [6, 6.07) is 8.17. The number of carbonyl (C=O) groups is 1. The zero-order chi connectivity index (χ0) is 15.7. The van der Waals surface area contributed by atoms with Crippen LogP contribution >= 0.6 is 15.9 Å². The van der Waals surface area contributed by atoms with E-state index < -0.39 is 0 Å². The lowest BCUT2D eigenvalue weighted by atomic mass is 9.95. The Morgan fingerprint density at radius 2 is 2.19 bits per heavy atom. The molecule has 0 saturated heterocycles. The summed E-state index contributed by atoms with van der Waals surface area (Å²) in [5.41, 5.74) is 6.84. The van der Waals surface area contributed by atoms with Crippen molar-refractivity contribution in [2.45, 2.75) is 32.2 Å². The van der Waals surface area contributed by atoms with Crippen molar-refractivity contribution in [3.8, 4) is 0 Å². The van der Waals surface area contributed by atoms with E-state index in [4.69, 9.17) is 10.5 Å². The molecule has 0 aromatic heterocycles. The predicted octanol–water partition coefficient (Wildman–Crippen LogP) is 2.50. The Bertz CT molecular complexity index is 438. The Balaban J connectivity index is 2.59. The van der Waals surface area contributed by atoms with Crippen molar-refractivity contribution in [1.29, 1.82) is 0 Å². The van der Waals surface area contributed by atoms with E-state index in [2.05, 4.69) is 27.3 Å². The summed E-state index contributed by atoms with van der Waals surface area (Å²) in [4.78, 5) is 12.3. The van der Waals surface area contributed by atoms with Gasteiger partial charge in [0.05, 0.1) is 0 Å². The van der Waals surface area contributed by atoms with Crippen LogP contribution in [0.4, 0.5) is 0 Å². The summed E-state index contributed by atoms with van der Waals surface area (Å²) in [5, 5.41) is 2.97. The smallest absolute Gasteiger partial charge is 0.223 e. The van der Waals surface area contributed by atoms with E-state index in [0.717, 1.165) is 16.5 Å². The predicted molar refractivity (Wildman–Crippen MR) is 89.1 cm³/mol. The van der Waals surface area contributed by atoms with Gasteiger partial charge < -0.3 is 15.8 Å². The molecule has 2 atom stereocenters. The van der Waals surface area contributed by atoms with E-state index >= 15 is 0 Å². The van der Waals surface area contributed by atoms with Crippen LogP contribution in [0, 0.1) is 5.92 Å². The van der Waals surface area contributed by atoms with E-state index in [-0.39, 0.29) is 17.9 Å². The van der Waals surface area contributed by atoms with Gasteiger partial charge in [-0.05, 0) is 43.9 Å². The molecule has 1 amide bonds. The molecule has 1 aromatic carbocycles. The second kappa shape index (κ2) is 9.92. The molecule has 1 rings (SSSR count). The molecule has 0 radical (unpaired) electrons. The Labute approximate surface area is 135 Å². The molecule has 2 unspecified atom stereocenters. The van der Waals surface area contributed by atoms with E-state index in [9.17, 15) is 4.79 Å². The fourth-order valence-electron chi connectivity index (χ4n) is 2.10. The first-order valence-corrected chi connectivity index (χ1v) is 8.09. The Morgan fingerprint density at radius 3 is 2.81 bits per heavy atom. The third-order valence-corrected chi connectivity index (χ3v) is 3.80. The third kappa shape index (κ3) is 7.60. The number of rotatable bonds is 9. The fraction of sp³-hybridized carbons (Fsp3) is 0.562. The molecular weight excluding hydrogens is 332 g/mol. The minimum atomic E-state index is -0.0765. The van der Waals surface area contributed by atoms with Gasteiger partial charge in [-0.1, -0.05) is 28.1 Å².